The SMILES string of the molecule is O=[N+]([O-])c1nc([N+](=O)[O-])n([B-](n2nc([N+](=O)[O-])nc2[N+](=O)[O-])(n2nc([N+](=O)[O-])nc2[N+](=O)[O-])n2nc([N+](=O)[O-])nc2[N+](=O)[O-])n1.[Na+]. The fraction of sp³-hybridized carbons (Fsp3) is 0. The first-order chi connectivity index (χ1) is 20.9. The number of nitrogens with zero attached hydrogens (tertiary/aromatic N) is 20. The number of rotatable bonds is 12. The molecule has 232 valence electrons. The molecule has 38 heteroatoms. The molecule has 0 bridgehead atoms. The summed E-state index contributed by atoms with van der Waals surface area (Å²) in [6.07, 6.45) is 0. The summed E-state index contributed by atoms with van der Waals surface area (Å²) in [5, 5.41) is 106. The summed E-state index contributed by atoms with van der Waals surface area (Å²) in [4.78, 5) is 92.2. The van der Waals surface area contributed by atoms with Crippen molar-refractivity contribution in [3.8, 4) is 0 Å². The molecule has 0 aromatic carbocycles. The Labute approximate surface area is 262 Å². The summed E-state index contributed by atoms with van der Waals surface area (Å²) in [5.41, 5.74) is 0. The molecule has 0 radical (unpaired) electrons. The van der Waals surface area contributed by atoms with Crippen LogP contribution in [0.4, 0.5) is 47.6 Å². The third-order valence-corrected chi connectivity index (χ3v) is 5.03. The molecule has 0 spiro atoms. The zero-order chi connectivity index (χ0) is 33.7. The van der Waals surface area contributed by atoms with Gasteiger partial charge in [0.25, 0.3) is 0 Å². The molecule has 4 aromatic heterocycles. The van der Waals surface area contributed by atoms with Crippen LogP contribution in [0.5, 0.6) is 0 Å². The minimum atomic E-state index is -5.52. The molecule has 0 aliphatic rings. The van der Waals surface area contributed by atoms with E-state index < -0.39 is 112 Å². The quantitative estimate of drug-likeness (QED) is 0.0771. The molecule has 0 saturated heterocycles. The summed E-state index contributed by atoms with van der Waals surface area (Å²) < 4.78 is -2.67. The van der Waals surface area contributed by atoms with Gasteiger partial charge in [0.05, 0.1) is 20.4 Å². The molecular formula is C8BN20NaO16. The molecule has 46 heavy (non-hydrogen) atoms. The Morgan fingerprint density at radius 1 is 0.370 bits per heavy atom. The Kier molecular flexibility index (Phi) is 8.32. The smallest absolute Gasteiger partial charge is 0.390 e. The zero-order valence-corrected chi connectivity index (χ0v) is 23.1. The molecular weight excluding hydrogens is 666 g/mol. The summed E-state index contributed by atoms with van der Waals surface area (Å²) >= 11 is 0. The van der Waals surface area contributed by atoms with Gasteiger partial charge in [-0.15, -0.1) is 18.4 Å². The second-order valence-corrected chi connectivity index (χ2v) is 7.38. The van der Waals surface area contributed by atoms with Crippen molar-refractivity contribution in [2.75, 3.05) is 0 Å². The van der Waals surface area contributed by atoms with E-state index >= 15 is 0 Å². The zero-order valence-electron chi connectivity index (χ0n) is 21.1. The van der Waals surface area contributed by atoms with Crippen LogP contribution in [0.2, 0.25) is 0 Å². The maximum Gasteiger partial charge on any atom is 1.00 e. The third kappa shape index (κ3) is 5.04. The second-order valence-electron chi connectivity index (χ2n) is 7.38. The average Bonchev–Trinajstić information content (AvgIpc) is 3.73. The van der Waals surface area contributed by atoms with Crippen LogP contribution in [0.3, 0.4) is 0 Å². The molecule has 0 aliphatic carbocycles. The van der Waals surface area contributed by atoms with Gasteiger partial charge in [-0.05, 0) is 39.4 Å². The van der Waals surface area contributed by atoms with E-state index in [-0.39, 0.29) is 29.6 Å². The molecule has 36 nitrogen and oxygen atoms in total. The van der Waals surface area contributed by atoms with E-state index in [0.717, 1.165) is 0 Å². The standard InChI is InChI=1S/C8BN20O16.Na/c30-22(31)1-10-5(26(38)39)18(14-1)9(19-6(27(40)41)11-2(15-19)23(32)33,20-7(28(42)43)12-3(16-20)24(34)35)21-8(29(44)45)13-4(17-21)25(36)37;/q-1;+1. The van der Waals surface area contributed by atoms with Crippen LogP contribution < -0.4 is 29.6 Å². The third-order valence-electron chi connectivity index (χ3n) is 5.03. The van der Waals surface area contributed by atoms with E-state index in [9.17, 15) is 80.9 Å². The van der Waals surface area contributed by atoms with E-state index in [0.29, 0.717) is 0 Å². The monoisotopic (exact) mass is 666 g/mol. The molecule has 0 N–H and O–H groups in total. The second kappa shape index (κ2) is 11.5. The van der Waals surface area contributed by atoms with Crippen molar-refractivity contribution in [2.45, 2.75) is 0 Å². The predicted molar refractivity (Wildman–Crippen MR) is 121 cm³/mol. The van der Waals surface area contributed by atoms with Gasteiger partial charge in [0.2, 0.25) is 0 Å². The number of hydrogen-bond donors (Lipinski definition) is 0. The van der Waals surface area contributed by atoms with Gasteiger partial charge in [0.1, 0.15) is 0 Å². The summed E-state index contributed by atoms with van der Waals surface area (Å²) in [5.74, 6) is -15.8. The van der Waals surface area contributed by atoms with E-state index in [2.05, 4.69) is 40.3 Å². The Morgan fingerprint density at radius 2 is 0.543 bits per heavy atom. The minimum Gasteiger partial charge on any atom is -0.390 e. The molecule has 4 rings (SSSR count). The molecule has 4 aromatic rings. The van der Waals surface area contributed by atoms with Crippen molar-refractivity contribution in [1.82, 2.24) is 58.7 Å². The van der Waals surface area contributed by atoms with Crippen LogP contribution >= 0.6 is 0 Å². The van der Waals surface area contributed by atoms with Gasteiger partial charge in [-0.25, -0.2) is 0 Å². The van der Waals surface area contributed by atoms with Gasteiger partial charge in [-0.1, -0.05) is 0 Å². The molecule has 4 heterocycles. The Hall–Kier alpha value is -7.18. The molecule has 0 atom stereocenters. The van der Waals surface area contributed by atoms with Crippen molar-refractivity contribution in [1.29, 1.82) is 0 Å². The Morgan fingerprint density at radius 3 is 0.674 bits per heavy atom. The molecule has 0 saturated carbocycles. The molecule has 0 aliphatic heterocycles. The Balaban J connectivity index is 0.00000576. The summed E-state index contributed by atoms with van der Waals surface area (Å²) in [6.45, 7) is -5.52. The van der Waals surface area contributed by atoms with Gasteiger partial charge in [-0.3, -0.25) is 0 Å². The first-order valence-electron chi connectivity index (χ1n) is 10.1. The van der Waals surface area contributed by atoms with Crippen LogP contribution in [0.25, 0.3) is 0 Å². The van der Waals surface area contributed by atoms with Crippen molar-refractivity contribution in [2.24, 2.45) is 0 Å². The average molecular weight is 666 g/mol. The van der Waals surface area contributed by atoms with Crippen LogP contribution in [0, 0.1) is 80.9 Å². The van der Waals surface area contributed by atoms with Gasteiger partial charge < -0.3 is 80.9 Å². The van der Waals surface area contributed by atoms with Crippen molar-refractivity contribution in [3.63, 3.8) is 0 Å². The minimum absolute atomic E-state index is 0. The van der Waals surface area contributed by atoms with Crippen molar-refractivity contribution < 1.29 is 68.9 Å². The normalized spacial score (nSPS) is 11.0. The molecule has 0 fully saturated rings. The van der Waals surface area contributed by atoms with Gasteiger partial charge in [-0.2, -0.15) is 0 Å². The van der Waals surface area contributed by atoms with E-state index in [1.54, 1.807) is 0 Å². The maximum absolute atomic E-state index is 12.0. The van der Waals surface area contributed by atoms with Crippen molar-refractivity contribution >= 4 is 54.3 Å². The molecule has 0 unspecified atom stereocenters. The van der Waals surface area contributed by atoms with Crippen LogP contribution in [0.1, 0.15) is 0 Å². The number of nitro groups is 8. The van der Waals surface area contributed by atoms with E-state index in [1.807, 2.05) is 0 Å². The maximum atomic E-state index is 12.0. The summed E-state index contributed by atoms with van der Waals surface area (Å²) in [6, 6.07) is 0. The number of aromatic nitrogens is 12. The van der Waals surface area contributed by atoms with Crippen LogP contribution in [0.15, 0.2) is 0 Å². The van der Waals surface area contributed by atoms with Gasteiger partial charge in [0.15, 0.2) is 0 Å². The van der Waals surface area contributed by atoms with Gasteiger partial charge >= 0.3 is 83.8 Å². The van der Waals surface area contributed by atoms with Crippen LogP contribution in [-0.2, 0) is 0 Å². The topological polar surface area (TPSA) is 468 Å². The number of hydrogen-bond acceptors (Lipinski definition) is 24. The van der Waals surface area contributed by atoms with Crippen LogP contribution in [-0.4, -0.2) is 105 Å². The molecule has 0 amide bonds. The van der Waals surface area contributed by atoms with E-state index in [1.165, 1.54) is 0 Å². The Bertz CT molecular complexity index is 1740. The fourth-order valence-corrected chi connectivity index (χ4v) is 3.57. The fourth-order valence-electron chi connectivity index (χ4n) is 3.57. The first-order valence-corrected chi connectivity index (χ1v) is 10.1. The first kappa shape index (κ1) is 33.3. The largest absolute Gasteiger partial charge is 1.00 e. The predicted octanol–water partition coefficient (Wildman–Crippen LogP) is -5.75. The van der Waals surface area contributed by atoms with Gasteiger partial charge in [0, 0.05) is 19.9 Å². The van der Waals surface area contributed by atoms with Crippen molar-refractivity contribution in [3.05, 3.63) is 80.9 Å². The summed E-state index contributed by atoms with van der Waals surface area (Å²) in [7, 11) is 0. The van der Waals surface area contributed by atoms with E-state index in [4.69, 9.17) is 0 Å².